The molecule has 3 nitrogen and oxygen atoms in total. The van der Waals surface area contributed by atoms with Gasteiger partial charge in [0, 0.05) is 0 Å². The molecule has 0 aliphatic rings. The molecule has 1 atom stereocenters. The second-order valence-corrected chi connectivity index (χ2v) is 3.33. The van der Waals surface area contributed by atoms with E-state index in [-0.39, 0.29) is 13.2 Å². The monoisotopic (exact) mass is 208 g/mol. The van der Waals surface area contributed by atoms with Crippen molar-refractivity contribution >= 4 is 0 Å². The van der Waals surface area contributed by atoms with Gasteiger partial charge in [-0.15, -0.1) is 0 Å². The summed E-state index contributed by atoms with van der Waals surface area (Å²) in [6.07, 6.45) is -0.793. The van der Waals surface area contributed by atoms with E-state index in [1.807, 2.05) is 30.3 Å². The minimum Gasteiger partial charge on any atom is -0.392 e. The highest BCUT2D eigenvalue weighted by molar-refractivity contribution is 5.13. The van der Waals surface area contributed by atoms with Gasteiger partial charge < -0.3 is 14.9 Å². The lowest BCUT2D eigenvalue weighted by Crippen LogP contribution is -2.19. The van der Waals surface area contributed by atoms with E-state index in [2.05, 4.69) is 6.58 Å². The topological polar surface area (TPSA) is 49.7 Å². The zero-order valence-electron chi connectivity index (χ0n) is 8.60. The van der Waals surface area contributed by atoms with Crippen molar-refractivity contribution in [3.63, 3.8) is 0 Å². The van der Waals surface area contributed by atoms with Gasteiger partial charge in [0.05, 0.1) is 19.8 Å². The molecule has 0 aromatic heterocycles. The molecular formula is C12H16O3. The lowest BCUT2D eigenvalue weighted by molar-refractivity contribution is 0.0409. The number of hydrogen-bond donors (Lipinski definition) is 2. The molecule has 0 saturated carbocycles. The zero-order valence-corrected chi connectivity index (χ0v) is 8.60. The molecule has 1 aromatic carbocycles. The van der Waals surface area contributed by atoms with Crippen LogP contribution < -0.4 is 0 Å². The first kappa shape index (κ1) is 11.9. The van der Waals surface area contributed by atoms with Crippen molar-refractivity contribution in [2.45, 2.75) is 12.7 Å². The average Bonchev–Trinajstić information content (AvgIpc) is 2.29. The number of rotatable bonds is 6. The molecule has 1 aromatic rings. The lowest BCUT2D eigenvalue weighted by atomic mass is 10.2. The van der Waals surface area contributed by atoms with Gasteiger partial charge in [-0.1, -0.05) is 36.9 Å². The summed E-state index contributed by atoms with van der Waals surface area (Å²) in [5, 5.41) is 18.1. The predicted molar refractivity (Wildman–Crippen MR) is 58.3 cm³/mol. The third-order valence-corrected chi connectivity index (χ3v) is 2.06. The molecule has 2 N–H and O–H groups in total. The maximum atomic E-state index is 9.41. The number of benzene rings is 1. The van der Waals surface area contributed by atoms with Crippen molar-refractivity contribution in [2.24, 2.45) is 0 Å². The van der Waals surface area contributed by atoms with E-state index in [0.717, 1.165) is 5.56 Å². The molecular weight excluding hydrogens is 192 g/mol. The molecule has 0 amide bonds. The van der Waals surface area contributed by atoms with Crippen LogP contribution in [0.15, 0.2) is 42.5 Å². The van der Waals surface area contributed by atoms with Gasteiger partial charge in [0.1, 0.15) is 6.10 Å². The summed E-state index contributed by atoms with van der Waals surface area (Å²) >= 11 is 0. The van der Waals surface area contributed by atoms with Crippen molar-refractivity contribution in [1.82, 2.24) is 0 Å². The SMILES string of the molecule is C=C(CO)C(O)COCc1ccccc1. The first-order valence-corrected chi connectivity index (χ1v) is 4.82. The summed E-state index contributed by atoms with van der Waals surface area (Å²) in [7, 11) is 0. The van der Waals surface area contributed by atoms with Crippen molar-refractivity contribution in [1.29, 1.82) is 0 Å². The Labute approximate surface area is 89.6 Å². The Morgan fingerprint density at radius 1 is 1.33 bits per heavy atom. The molecule has 0 aliphatic carbocycles. The Morgan fingerprint density at radius 3 is 2.60 bits per heavy atom. The molecule has 3 heteroatoms. The van der Waals surface area contributed by atoms with Crippen LogP contribution in [0, 0.1) is 0 Å². The Hall–Kier alpha value is -1.16. The molecule has 0 saturated heterocycles. The van der Waals surface area contributed by atoms with Crippen molar-refractivity contribution < 1.29 is 14.9 Å². The number of hydrogen-bond acceptors (Lipinski definition) is 3. The highest BCUT2D eigenvalue weighted by atomic mass is 16.5. The van der Waals surface area contributed by atoms with E-state index in [1.54, 1.807) is 0 Å². The first-order valence-electron chi connectivity index (χ1n) is 4.82. The minimum atomic E-state index is -0.793. The summed E-state index contributed by atoms with van der Waals surface area (Å²) in [4.78, 5) is 0. The van der Waals surface area contributed by atoms with Crippen molar-refractivity contribution in [3.8, 4) is 0 Å². The predicted octanol–water partition coefficient (Wildman–Crippen LogP) is 1.11. The first-order chi connectivity index (χ1) is 7.24. The van der Waals surface area contributed by atoms with Crippen LogP contribution in [0.2, 0.25) is 0 Å². The van der Waals surface area contributed by atoms with Gasteiger partial charge in [0.15, 0.2) is 0 Å². The highest BCUT2D eigenvalue weighted by Gasteiger charge is 2.07. The van der Waals surface area contributed by atoms with Crippen LogP contribution in [0.3, 0.4) is 0 Å². The Kier molecular flexibility index (Phi) is 5.04. The zero-order chi connectivity index (χ0) is 11.1. The molecule has 82 valence electrons. The summed E-state index contributed by atoms with van der Waals surface area (Å²) < 4.78 is 5.28. The average molecular weight is 208 g/mol. The van der Waals surface area contributed by atoms with Crippen LogP contribution in [0.25, 0.3) is 0 Å². The third kappa shape index (κ3) is 4.25. The maximum Gasteiger partial charge on any atom is 0.100 e. The summed E-state index contributed by atoms with van der Waals surface area (Å²) in [6.45, 7) is 3.92. The number of aliphatic hydroxyl groups excluding tert-OH is 2. The smallest absolute Gasteiger partial charge is 0.100 e. The van der Waals surface area contributed by atoms with E-state index < -0.39 is 6.10 Å². The fourth-order valence-corrected chi connectivity index (χ4v) is 1.09. The van der Waals surface area contributed by atoms with Crippen LogP contribution in [0.5, 0.6) is 0 Å². The van der Waals surface area contributed by atoms with Crippen LogP contribution in [-0.4, -0.2) is 29.5 Å². The molecule has 0 bridgehead atoms. The van der Waals surface area contributed by atoms with E-state index in [4.69, 9.17) is 9.84 Å². The van der Waals surface area contributed by atoms with Crippen LogP contribution >= 0.6 is 0 Å². The fraction of sp³-hybridized carbons (Fsp3) is 0.333. The molecule has 0 heterocycles. The fourth-order valence-electron chi connectivity index (χ4n) is 1.09. The molecule has 0 spiro atoms. The van der Waals surface area contributed by atoms with E-state index in [1.165, 1.54) is 0 Å². The van der Waals surface area contributed by atoms with Crippen LogP contribution in [0.1, 0.15) is 5.56 Å². The van der Waals surface area contributed by atoms with Crippen LogP contribution in [0.4, 0.5) is 0 Å². The van der Waals surface area contributed by atoms with Gasteiger partial charge in [-0.05, 0) is 11.1 Å². The molecule has 15 heavy (non-hydrogen) atoms. The highest BCUT2D eigenvalue weighted by Crippen LogP contribution is 2.03. The van der Waals surface area contributed by atoms with E-state index >= 15 is 0 Å². The van der Waals surface area contributed by atoms with Gasteiger partial charge in [0.2, 0.25) is 0 Å². The van der Waals surface area contributed by atoms with Crippen LogP contribution in [-0.2, 0) is 11.3 Å². The largest absolute Gasteiger partial charge is 0.392 e. The Balaban J connectivity index is 2.25. The summed E-state index contributed by atoms with van der Waals surface area (Å²) in [6, 6.07) is 9.70. The van der Waals surface area contributed by atoms with E-state index in [9.17, 15) is 5.11 Å². The minimum absolute atomic E-state index is 0.161. The Morgan fingerprint density at radius 2 is 2.00 bits per heavy atom. The van der Waals surface area contributed by atoms with Crippen molar-refractivity contribution in [2.75, 3.05) is 13.2 Å². The van der Waals surface area contributed by atoms with Gasteiger partial charge in [0.25, 0.3) is 0 Å². The quantitative estimate of drug-likeness (QED) is 0.689. The number of ether oxygens (including phenoxy) is 1. The summed E-state index contributed by atoms with van der Waals surface area (Å²) in [5.74, 6) is 0. The van der Waals surface area contributed by atoms with Gasteiger partial charge in [-0.3, -0.25) is 0 Å². The maximum absolute atomic E-state index is 9.41. The number of aliphatic hydroxyl groups is 2. The molecule has 0 fully saturated rings. The second kappa shape index (κ2) is 6.35. The Bertz CT molecular complexity index is 295. The van der Waals surface area contributed by atoms with Gasteiger partial charge in [-0.25, -0.2) is 0 Å². The summed E-state index contributed by atoms with van der Waals surface area (Å²) in [5.41, 5.74) is 1.43. The lowest BCUT2D eigenvalue weighted by Gasteiger charge is -2.12. The van der Waals surface area contributed by atoms with Gasteiger partial charge in [-0.2, -0.15) is 0 Å². The molecule has 1 rings (SSSR count). The molecule has 0 radical (unpaired) electrons. The molecule has 0 aliphatic heterocycles. The standard InChI is InChI=1S/C12H16O3/c1-10(7-13)12(14)9-15-8-11-5-3-2-4-6-11/h2-6,12-14H,1,7-9H2. The van der Waals surface area contributed by atoms with E-state index in [0.29, 0.717) is 12.2 Å². The third-order valence-electron chi connectivity index (χ3n) is 2.06. The van der Waals surface area contributed by atoms with Gasteiger partial charge >= 0.3 is 0 Å². The van der Waals surface area contributed by atoms with Crippen molar-refractivity contribution in [3.05, 3.63) is 48.0 Å². The molecule has 1 unspecified atom stereocenters. The normalized spacial score (nSPS) is 12.4. The second-order valence-electron chi connectivity index (χ2n) is 3.33.